The Balaban J connectivity index is 2.78. The summed E-state index contributed by atoms with van der Waals surface area (Å²) in [5.41, 5.74) is 1.14. The van der Waals surface area contributed by atoms with E-state index in [-0.39, 0.29) is 0 Å². The van der Waals surface area contributed by atoms with E-state index in [1.54, 1.807) is 21.3 Å². The number of nitrogens with one attached hydrogen (secondary N) is 1. The minimum atomic E-state index is 0.559. The number of ether oxygens (including phenoxy) is 3. The van der Waals surface area contributed by atoms with E-state index in [0.717, 1.165) is 18.5 Å². The molecule has 120 valence electrons. The molecule has 1 aromatic carbocycles. The lowest BCUT2D eigenvalue weighted by Crippen LogP contribution is -2.27. The highest BCUT2D eigenvalue weighted by atomic mass is 16.5. The van der Waals surface area contributed by atoms with Crippen LogP contribution in [0.4, 0.5) is 0 Å². The van der Waals surface area contributed by atoms with Gasteiger partial charge in [-0.05, 0) is 30.5 Å². The molecule has 0 amide bonds. The van der Waals surface area contributed by atoms with Crippen LogP contribution >= 0.6 is 0 Å². The average molecular weight is 295 g/mol. The van der Waals surface area contributed by atoms with E-state index in [2.05, 4.69) is 19.2 Å². The van der Waals surface area contributed by atoms with Crippen molar-refractivity contribution in [2.24, 2.45) is 0 Å². The smallest absolute Gasteiger partial charge is 0.203 e. The van der Waals surface area contributed by atoms with Crippen LogP contribution in [0.25, 0.3) is 0 Å². The Labute approximate surface area is 128 Å². The highest BCUT2D eigenvalue weighted by molar-refractivity contribution is 5.53. The molecule has 0 aromatic heterocycles. The summed E-state index contributed by atoms with van der Waals surface area (Å²) in [7, 11) is 4.91. The van der Waals surface area contributed by atoms with Crippen molar-refractivity contribution in [3.05, 3.63) is 17.7 Å². The Bertz CT molecular complexity index is 395. The molecule has 0 aliphatic carbocycles. The standard InChI is InChI=1S/C17H29NO3/c1-6-8-9-14(7-2)18-12-13-10-15(19-3)17(21-5)16(11-13)20-4/h10-11,14,18H,6-9,12H2,1-5H3. The maximum absolute atomic E-state index is 5.38. The van der Waals surface area contributed by atoms with E-state index in [4.69, 9.17) is 14.2 Å². The first-order valence-electron chi connectivity index (χ1n) is 7.72. The van der Waals surface area contributed by atoms with Gasteiger partial charge in [-0.15, -0.1) is 0 Å². The molecular weight excluding hydrogens is 266 g/mol. The van der Waals surface area contributed by atoms with Crippen molar-refractivity contribution >= 4 is 0 Å². The summed E-state index contributed by atoms with van der Waals surface area (Å²) in [5, 5.41) is 3.61. The topological polar surface area (TPSA) is 39.7 Å². The fourth-order valence-corrected chi connectivity index (χ4v) is 2.40. The molecule has 0 saturated heterocycles. The third kappa shape index (κ3) is 5.12. The van der Waals surface area contributed by atoms with Gasteiger partial charge < -0.3 is 19.5 Å². The zero-order valence-corrected chi connectivity index (χ0v) is 14.0. The summed E-state index contributed by atoms with van der Waals surface area (Å²) < 4.78 is 16.1. The van der Waals surface area contributed by atoms with Gasteiger partial charge in [-0.3, -0.25) is 0 Å². The maximum atomic E-state index is 5.38. The summed E-state index contributed by atoms with van der Waals surface area (Å²) in [4.78, 5) is 0. The van der Waals surface area contributed by atoms with Crippen LogP contribution in [0.3, 0.4) is 0 Å². The highest BCUT2D eigenvalue weighted by Crippen LogP contribution is 2.38. The first-order valence-corrected chi connectivity index (χ1v) is 7.72. The van der Waals surface area contributed by atoms with Crippen LogP contribution in [0.1, 0.15) is 45.1 Å². The van der Waals surface area contributed by atoms with Gasteiger partial charge in [0.25, 0.3) is 0 Å². The fraction of sp³-hybridized carbons (Fsp3) is 0.647. The summed E-state index contributed by atoms with van der Waals surface area (Å²) in [5.74, 6) is 2.05. The first kappa shape index (κ1) is 17.6. The molecule has 0 aliphatic rings. The third-order valence-electron chi connectivity index (χ3n) is 3.72. The van der Waals surface area contributed by atoms with Crippen LogP contribution in [-0.2, 0) is 6.54 Å². The zero-order valence-electron chi connectivity index (χ0n) is 14.0. The largest absolute Gasteiger partial charge is 0.493 e. The Morgan fingerprint density at radius 1 is 1.00 bits per heavy atom. The van der Waals surface area contributed by atoms with Gasteiger partial charge in [0, 0.05) is 12.6 Å². The summed E-state index contributed by atoms with van der Waals surface area (Å²) in [6.07, 6.45) is 4.87. The minimum absolute atomic E-state index is 0.559. The van der Waals surface area contributed by atoms with Gasteiger partial charge >= 0.3 is 0 Å². The molecule has 1 atom stereocenters. The fourth-order valence-electron chi connectivity index (χ4n) is 2.40. The second-order valence-electron chi connectivity index (χ2n) is 5.16. The summed E-state index contributed by atoms with van der Waals surface area (Å²) >= 11 is 0. The Morgan fingerprint density at radius 2 is 1.62 bits per heavy atom. The normalized spacial score (nSPS) is 12.0. The molecule has 0 aliphatic heterocycles. The van der Waals surface area contributed by atoms with Crippen LogP contribution < -0.4 is 19.5 Å². The molecule has 0 bridgehead atoms. The molecule has 0 saturated carbocycles. The monoisotopic (exact) mass is 295 g/mol. The van der Waals surface area contributed by atoms with Crippen LogP contribution in [0, 0.1) is 0 Å². The predicted octanol–water partition coefficient (Wildman–Crippen LogP) is 3.77. The van der Waals surface area contributed by atoms with Gasteiger partial charge in [0.1, 0.15) is 0 Å². The number of benzene rings is 1. The number of hydrogen-bond donors (Lipinski definition) is 1. The average Bonchev–Trinajstić information content (AvgIpc) is 2.53. The van der Waals surface area contributed by atoms with Crippen molar-refractivity contribution in [2.75, 3.05) is 21.3 Å². The second-order valence-corrected chi connectivity index (χ2v) is 5.16. The maximum Gasteiger partial charge on any atom is 0.203 e. The third-order valence-corrected chi connectivity index (χ3v) is 3.72. The van der Waals surface area contributed by atoms with Crippen molar-refractivity contribution < 1.29 is 14.2 Å². The second kappa shape index (κ2) is 9.50. The molecule has 0 radical (unpaired) electrons. The van der Waals surface area contributed by atoms with Gasteiger partial charge in [-0.2, -0.15) is 0 Å². The molecule has 4 heteroatoms. The van der Waals surface area contributed by atoms with E-state index in [1.807, 2.05) is 12.1 Å². The Morgan fingerprint density at radius 3 is 2.05 bits per heavy atom. The summed E-state index contributed by atoms with van der Waals surface area (Å²) in [6.45, 7) is 5.26. The first-order chi connectivity index (χ1) is 10.2. The number of methoxy groups -OCH3 is 3. The lowest BCUT2D eigenvalue weighted by Gasteiger charge is -2.18. The quantitative estimate of drug-likeness (QED) is 0.713. The highest BCUT2D eigenvalue weighted by Gasteiger charge is 2.13. The Hall–Kier alpha value is -1.42. The van der Waals surface area contributed by atoms with Crippen LogP contribution in [0.15, 0.2) is 12.1 Å². The minimum Gasteiger partial charge on any atom is -0.493 e. The van der Waals surface area contributed by atoms with Crippen LogP contribution in [0.5, 0.6) is 17.2 Å². The number of rotatable bonds is 10. The van der Waals surface area contributed by atoms with E-state index < -0.39 is 0 Å². The molecule has 1 aromatic rings. The lowest BCUT2D eigenvalue weighted by molar-refractivity contribution is 0.323. The van der Waals surface area contributed by atoms with Crippen molar-refractivity contribution in [1.29, 1.82) is 0 Å². The van der Waals surface area contributed by atoms with E-state index >= 15 is 0 Å². The van der Waals surface area contributed by atoms with Gasteiger partial charge in [-0.1, -0.05) is 26.7 Å². The van der Waals surface area contributed by atoms with E-state index in [9.17, 15) is 0 Å². The SMILES string of the molecule is CCCCC(CC)NCc1cc(OC)c(OC)c(OC)c1. The van der Waals surface area contributed by atoms with Crippen molar-refractivity contribution in [3.8, 4) is 17.2 Å². The van der Waals surface area contributed by atoms with E-state index in [1.165, 1.54) is 19.3 Å². The lowest BCUT2D eigenvalue weighted by atomic mass is 10.1. The Kier molecular flexibility index (Phi) is 7.98. The molecule has 1 rings (SSSR count). The molecule has 21 heavy (non-hydrogen) atoms. The zero-order chi connectivity index (χ0) is 15.7. The van der Waals surface area contributed by atoms with Crippen LogP contribution in [0.2, 0.25) is 0 Å². The van der Waals surface area contributed by atoms with Gasteiger partial charge in [-0.25, -0.2) is 0 Å². The molecule has 4 nitrogen and oxygen atoms in total. The van der Waals surface area contributed by atoms with E-state index in [0.29, 0.717) is 23.3 Å². The number of unbranched alkanes of at least 4 members (excludes halogenated alkanes) is 1. The van der Waals surface area contributed by atoms with Crippen molar-refractivity contribution in [2.45, 2.75) is 52.1 Å². The molecule has 0 fully saturated rings. The van der Waals surface area contributed by atoms with Gasteiger partial charge in [0.05, 0.1) is 21.3 Å². The molecule has 0 heterocycles. The predicted molar refractivity (Wildman–Crippen MR) is 86.5 cm³/mol. The molecular formula is C17H29NO3. The van der Waals surface area contributed by atoms with Gasteiger partial charge in [0.2, 0.25) is 5.75 Å². The molecule has 0 spiro atoms. The van der Waals surface area contributed by atoms with Gasteiger partial charge in [0.15, 0.2) is 11.5 Å². The number of hydrogen-bond acceptors (Lipinski definition) is 4. The summed E-state index contributed by atoms with van der Waals surface area (Å²) in [6, 6.07) is 4.56. The van der Waals surface area contributed by atoms with Crippen molar-refractivity contribution in [3.63, 3.8) is 0 Å². The van der Waals surface area contributed by atoms with Crippen molar-refractivity contribution in [1.82, 2.24) is 5.32 Å². The van der Waals surface area contributed by atoms with Crippen LogP contribution in [-0.4, -0.2) is 27.4 Å². The molecule has 1 N–H and O–H groups in total. The molecule has 1 unspecified atom stereocenters.